The maximum Gasteiger partial charge on any atom is 0.366 e. The van der Waals surface area contributed by atoms with Gasteiger partial charge >= 0.3 is 5.69 Å². The number of hydrogen-bond donors (Lipinski definition) is 1. The Kier molecular flexibility index (Phi) is 1.91. The Bertz CT molecular complexity index is 494. The van der Waals surface area contributed by atoms with Crippen LogP contribution in [0.15, 0.2) is 9.32 Å². The maximum absolute atomic E-state index is 11.3. The Hall–Kier alpha value is -1.92. The van der Waals surface area contributed by atoms with Crippen LogP contribution in [0.4, 0.5) is 0 Å². The molecule has 0 spiro atoms. The number of nitrogens with one attached hydrogen (secondary N) is 1. The zero-order valence-corrected chi connectivity index (χ0v) is 7.81. The quantitative estimate of drug-likeness (QED) is 0.717. The molecule has 2 aromatic heterocycles. The molecule has 0 atom stereocenters. The summed E-state index contributed by atoms with van der Waals surface area (Å²) in [7, 11) is 0. The molecule has 2 rings (SSSR count). The minimum atomic E-state index is -0.397. The number of aryl methyl sites for hydroxylation is 2. The van der Waals surface area contributed by atoms with Gasteiger partial charge in [-0.15, -0.1) is 0 Å². The SMILES string of the molecule is CCc1noc(C)c1-n1nn[nH]c1=O. The molecule has 0 saturated heterocycles. The molecule has 74 valence electrons. The first-order valence-electron chi connectivity index (χ1n) is 4.20. The summed E-state index contributed by atoms with van der Waals surface area (Å²) < 4.78 is 6.12. The van der Waals surface area contributed by atoms with Gasteiger partial charge in [0.1, 0.15) is 11.4 Å². The van der Waals surface area contributed by atoms with E-state index in [0.717, 1.165) is 4.68 Å². The normalized spacial score (nSPS) is 10.7. The predicted octanol–water partition coefficient (Wildman–Crippen LogP) is -0.186. The number of aromatic amines is 1. The average Bonchev–Trinajstić information content (AvgIpc) is 2.72. The van der Waals surface area contributed by atoms with Crippen LogP contribution in [0.3, 0.4) is 0 Å². The third kappa shape index (κ3) is 1.13. The highest BCUT2D eigenvalue weighted by atomic mass is 16.5. The van der Waals surface area contributed by atoms with Crippen molar-refractivity contribution in [2.75, 3.05) is 0 Å². The topological polar surface area (TPSA) is 89.6 Å². The van der Waals surface area contributed by atoms with Gasteiger partial charge in [-0.05, 0) is 23.8 Å². The van der Waals surface area contributed by atoms with Gasteiger partial charge in [0.05, 0.1) is 0 Å². The third-order valence-electron chi connectivity index (χ3n) is 1.92. The van der Waals surface area contributed by atoms with E-state index in [-0.39, 0.29) is 0 Å². The summed E-state index contributed by atoms with van der Waals surface area (Å²) in [5, 5.41) is 13.1. The highest BCUT2D eigenvalue weighted by Crippen LogP contribution is 2.15. The number of H-pyrrole nitrogens is 1. The lowest BCUT2D eigenvalue weighted by atomic mass is 10.2. The van der Waals surface area contributed by atoms with Crippen LogP contribution in [0.5, 0.6) is 0 Å². The van der Waals surface area contributed by atoms with Crippen molar-refractivity contribution in [3.8, 4) is 5.69 Å². The molecule has 2 aromatic rings. The van der Waals surface area contributed by atoms with E-state index in [4.69, 9.17) is 4.52 Å². The van der Waals surface area contributed by atoms with Crippen LogP contribution in [-0.4, -0.2) is 25.4 Å². The van der Waals surface area contributed by atoms with Crippen molar-refractivity contribution in [2.24, 2.45) is 0 Å². The van der Waals surface area contributed by atoms with E-state index in [1.54, 1.807) is 6.92 Å². The Morgan fingerprint density at radius 1 is 1.57 bits per heavy atom. The second-order valence-corrected chi connectivity index (χ2v) is 2.81. The van der Waals surface area contributed by atoms with Crippen LogP contribution in [0.25, 0.3) is 5.69 Å². The van der Waals surface area contributed by atoms with E-state index >= 15 is 0 Å². The van der Waals surface area contributed by atoms with Crippen molar-refractivity contribution in [2.45, 2.75) is 20.3 Å². The second kappa shape index (κ2) is 3.09. The van der Waals surface area contributed by atoms with Crippen molar-refractivity contribution in [1.29, 1.82) is 0 Å². The van der Waals surface area contributed by atoms with E-state index < -0.39 is 5.69 Å². The van der Waals surface area contributed by atoms with Gasteiger partial charge in [0.2, 0.25) is 0 Å². The molecule has 7 nitrogen and oxygen atoms in total. The van der Waals surface area contributed by atoms with Crippen LogP contribution in [0, 0.1) is 6.92 Å². The van der Waals surface area contributed by atoms with E-state index in [0.29, 0.717) is 23.6 Å². The molecule has 0 radical (unpaired) electrons. The minimum absolute atomic E-state index is 0.397. The fourth-order valence-corrected chi connectivity index (χ4v) is 1.26. The van der Waals surface area contributed by atoms with E-state index in [1.807, 2.05) is 6.92 Å². The van der Waals surface area contributed by atoms with Crippen LogP contribution in [-0.2, 0) is 6.42 Å². The fourth-order valence-electron chi connectivity index (χ4n) is 1.26. The Morgan fingerprint density at radius 2 is 2.36 bits per heavy atom. The van der Waals surface area contributed by atoms with Crippen molar-refractivity contribution < 1.29 is 4.52 Å². The third-order valence-corrected chi connectivity index (χ3v) is 1.92. The molecule has 0 amide bonds. The number of nitrogens with zero attached hydrogens (tertiary/aromatic N) is 4. The fraction of sp³-hybridized carbons (Fsp3) is 0.429. The Labute approximate surface area is 78.7 Å². The van der Waals surface area contributed by atoms with Crippen LogP contribution < -0.4 is 5.69 Å². The molecular weight excluding hydrogens is 186 g/mol. The first-order valence-corrected chi connectivity index (χ1v) is 4.20. The highest BCUT2D eigenvalue weighted by molar-refractivity contribution is 5.37. The molecular formula is C7H9N5O2. The highest BCUT2D eigenvalue weighted by Gasteiger charge is 2.16. The van der Waals surface area contributed by atoms with Gasteiger partial charge in [0.15, 0.2) is 5.76 Å². The molecule has 1 N–H and O–H groups in total. The molecule has 0 aliphatic rings. The monoisotopic (exact) mass is 195 g/mol. The second-order valence-electron chi connectivity index (χ2n) is 2.81. The van der Waals surface area contributed by atoms with Crippen LogP contribution in [0.1, 0.15) is 18.4 Å². The van der Waals surface area contributed by atoms with Crippen LogP contribution >= 0.6 is 0 Å². The van der Waals surface area contributed by atoms with Gasteiger partial charge in [0.25, 0.3) is 0 Å². The molecule has 0 aliphatic carbocycles. The van der Waals surface area contributed by atoms with E-state index in [2.05, 4.69) is 20.7 Å². The summed E-state index contributed by atoms with van der Waals surface area (Å²) in [4.78, 5) is 11.3. The Balaban J connectivity index is 2.66. The maximum atomic E-state index is 11.3. The van der Waals surface area contributed by atoms with Crippen LogP contribution in [0.2, 0.25) is 0 Å². The van der Waals surface area contributed by atoms with Gasteiger partial charge in [-0.25, -0.2) is 9.89 Å². The number of aromatic nitrogens is 5. The summed E-state index contributed by atoms with van der Waals surface area (Å²) in [5.74, 6) is 0.554. The van der Waals surface area contributed by atoms with Crippen molar-refractivity contribution in [1.82, 2.24) is 25.4 Å². The van der Waals surface area contributed by atoms with Gasteiger partial charge in [-0.3, -0.25) is 0 Å². The molecule has 0 aromatic carbocycles. The number of tetrazole rings is 1. The molecule has 0 saturated carbocycles. The van der Waals surface area contributed by atoms with Gasteiger partial charge in [0, 0.05) is 0 Å². The number of hydrogen-bond acceptors (Lipinski definition) is 5. The van der Waals surface area contributed by atoms with E-state index in [1.165, 1.54) is 0 Å². The zero-order chi connectivity index (χ0) is 10.1. The summed E-state index contributed by atoms with van der Waals surface area (Å²) in [5.41, 5.74) is 0.871. The lowest BCUT2D eigenvalue weighted by Crippen LogP contribution is -2.17. The van der Waals surface area contributed by atoms with Crippen molar-refractivity contribution >= 4 is 0 Å². The lowest BCUT2D eigenvalue weighted by molar-refractivity contribution is 0.390. The minimum Gasteiger partial charge on any atom is -0.359 e. The lowest BCUT2D eigenvalue weighted by Gasteiger charge is -1.95. The molecule has 14 heavy (non-hydrogen) atoms. The number of rotatable bonds is 2. The first-order chi connectivity index (χ1) is 6.74. The van der Waals surface area contributed by atoms with Gasteiger partial charge in [-0.1, -0.05) is 12.1 Å². The van der Waals surface area contributed by atoms with Crippen molar-refractivity contribution in [3.05, 3.63) is 21.9 Å². The van der Waals surface area contributed by atoms with Gasteiger partial charge in [-0.2, -0.15) is 4.68 Å². The molecule has 2 heterocycles. The zero-order valence-electron chi connectivity index (χ0n) is 7.81. The molecule has 0 fully saturated rings. The largest absolute Gasteiger partial charge is 0.366 e. The Morgan fingerprint density at radius 3 is 2.93 bits per heavy atom. The molecule has 0 bridgehead atoms. The average molecular weight is 195 g/mol. The molecule has 0 unspecified atom stereocenters. The summed E-state index contributed by atoms with van der Waals surface area (Å²) >= 11 is 0. The van der Waals surface area contributed by atoms with E-state index in [9.17, 15) is 4.79 Å². The first kappa shape index (κ1) is 8.67. The van der Waals surface area contributed by atoms with Gasteiger partial charge < -0.3 is 4.52 Å². The summed E-state index contributed by atoms with van der Waals surface area (Å²) in [6, 6.07) is 0. The smallest absolute Gasteiger partial charge is 0.359 e. The standard InChI is InChI=1S/C7H9N5O2/c1-3-5-6(4(2)14-9-5)12-7(13)8-10-11-12/h3H2,1-2H3,(H,8,11,13). The predicted molar refractivity (Wildman–Crippen MR) is 46.2 cm³/mol. The molecule has 0 aliphatic heterocycles. The molecule has 7 heteroatoms. The summed E-state index contributed by atoms with van der Waals surface area (Å²) in [6.07, 6.45) is 0.673. The van der Waals surface area contributed by atoms with Crippen molar-refractivity contribution in [3.63, 3.8) is 0 Å². The summed E-state index contributed by atoms with van der Waals surface area (Å²) in [6.45, 7) is 3.65.